The van der Waals surface area contributed by atoms with Gasteiger partial charge in [-0.15, -0.1) is 0 Å². The molecule has 0 saturated heterocycles. The molecule has 1 fully saturated rings. The van der Waals surface area contributed by atoms with E-state index in [1.165, 1.54) is 12.0 Å². The Bertz CT molecular complexity index is 483. The number of hydrogen-bond donors (Lipinski definition) is 2. The Labute approximate surface area is 120 Å². The molecule has 1 aromatic heterocycles. The highest BCUT2D eigenvalue weighted by Crippen LogP contribution is 2.28. The van der Waals surface area contributed by atoms with Crippen molar-refractivity contribution in [2.75, 3.05) is 18.4 Å². The van der Waals surface area contributed by atoms with E-state index in [1.807, 2.05) is 0 Å². The van der Waals surface area contributed by atoms with Crippen LogP contribution in [0.15, 0.2) is 12.1 Å². The first-order chi connectivity index (χ1) is 9.83. The van der Waals surface area contributed by atoms with Crippen LogP contribution in [0, 0.1) is 5.92 Å². The van der Waals surface area contributed by atoms with Crippen LogP contribution in [0.1, 0.15) is 43.4 Å². The summed E-state index contributed by atoms with van der Waals surface area (Å²) >= 11 is 0. The monoisotopic (exact) mass is 273 g/mol. The van der Waals surface area contributed by atoms with Gasteiger partial charge in [0.2, 0.25) is 5.91 Å². The summed E-state index contributed by atoms with van der Waals surface area (Å²) in [6, 6.07) is 4.35. The molecule has 1 aliphatic carbocycles. The fraction of sp³-hybridized carbons (Fsp3) is 0.625. The zero-order valence-corrected chi connectivity index (χ0v) is 12.0. The molecule has 1 aromatic rings. The molecule has 2 N–H and O–H groups in total. The summed E-state index contributed by atoms with van der Waals surface area (Å²) in [4.78, 5) is 16.2. The number of aromatic nitrogens is 1. The van der Waals surface area contributed by atoms with Gasteiger partial charge in [0.1, 0.15) is 5.82 Å². The Kier molecular flexibility index (Phi) is 4.19. The molecule has 2 heterocycles. The minimum Gasteiger partial charge on any atom is -0.370 e. The van der Waals surface area contributed by atoms with Gasteiger partial charge in [-0.05, 0) is 56.6 Å². The first kappa shape index (κ1) is 13.4. The van der Waals surface area contributed by atoms with Crippen molar-refractivity contribution in [2.45, 2.75) is 44.9 Å². The van der Waals surface area contributed by atoms with E-state index in [0.29, 0.717) is 5.92 Å². The molecule has 1 saturated carbocycles. The zero-order chi connectivity index (χ0) is 13.8. The number of nitrogens with one attached hydrogen (secondary N) is 2. The molecule has 20 heavy (non-hydrogen) atoms. The SMILES string of the molecule is O=C(NCCCCc1ccc2c(n1)NCCC2)C1CC1. The first-order valence-corrected chi connectivity index (χ1v) is 7.83. The largest absolute Gasteiger partial charge is 0.370 e. The highest BCUT2D eigenvalue weighted by Gasteiger charge is 2.28. The number of rotatable bonds is 6. The van der Waals surface area contributed by atoms with Crippen molar-refractivity contribution in [3.8, 4) is 0 Å². The summed E-state index contributed by atoms with van der Waals surface area (Å²) < 4.78 is 0. The Morgan fingerprint density at radius 2 is 2.25 bits per heavy atom. The predicted octanol–water partition coefficient (Wildman–Crippen LogP) is 2.29. The third-order valence-corrected chi connectivity index (χ3v) is 4.06. The van der Waals surface area contributed by atoms with Crippen LogP contribution in [0.5, 0.6) is 0 Å². The van der Waals surface area contributed by atoms with E-state index in [0.717, 1.165) is 63.1 Å². The lowest BCUT2D eigenvalue weighted by Crippen LogP contribution is -2.25. The standard InChI is InChI=1S/C16H23N3O/c20-16(13-6-7-13)18-10-2-1-5-14-9-8-12-4-3-11-17-15(12)19-14/h8-9,13H,1-7,10-11H2,(H,17,19)(H,18,20). The number of pyridine rings is 1. The summed E-state index contributed by atoms with van der Waals surface area (Å²) in [6.07, 6.45) is 7.61. The van der Waals surface area contributed by atoms with Crippen LogP contribution in [0.3, 0.4) is 0 Å². The average Bonchev–Trinajstić information content (AvgIpc) is 3.31. The number of anilines is 1. The maximum Gasteiger partial charge on any atom is 0.223 e. The van der Waals surface area contributed by atoms with Gasteiger partial charge in [0.05, 0.1) is 0 Å². The quantitative estimate of drug-likeness (QED) is 0.782. The van der Waals surface area contributed by atoms with Gasteiger partial charge < -0.3 is 10.6 Å². The second kappa shape index (κ2) is 6.25. The van der Waals surface area contributed by atoms with E-state index in [-0.39, 0.29) is 5.91 Å². The van der Waals surface area contributed by atoms with E-state index in [1.54, 1.807) is 0 Å². The van der Waals surface area contributed by atoms with E-state index in [4.69, 9.17) is 0 Å². The summed E-state index contributed by atoms with van der Waals surface area (Å²) in [5.74, 6) is 1.65. The van der Waals surface area contributed by atoms with Crippen LogP contribution >= 0.6 is 0 Å². The van der Waals surface area contributed by atoms with Crippen molar-refractivity contribution in [2.24, 2.45) is 5.92 Å². The van der Waals surface area contributed by atoms with E-state index >= 15 is 0 Å². The Morgan fingerprint density at radius 1 is 1.35 bits per heavy atom. The topological polar surface area (TPSA) is 54.0 Å². The zero-order valence-electron chi connectivity index (χ0n) is 12.0. The molecule has 3 rings (SSSR count). The van der Waals surface area contributed by atoms with Crippen molar-refractivity contribution >= 4 is 11.7 Å². The molecular weight excluding hydrogens is 250 g/mol. The van der Waals surface area contributed by atoms with Gasteiger partial charge in [-0.25, -0.2) is 4.98 Å². The molecule has 2 aliphatic rings. The molecule has 4 heteroatoms. The number of carbonyl (C=O) groups is 1. The van der Waals surface area contributed by atoms with E-state index < -0.39 is 0 Å². The fourth-order valence-corrected chi connectivity index (χ4v) is 2.64. The molecule has 1 amide bonds. The van der Waals surface area contributed by atoms with Gasteiger partial charge in [0.15, 0.2) is 0 Å². The summed E-state index contributed by atoms with van der Waals surface area (Å²) in [5.41, 5.74) is 2.50. The lowest BCUT2D eigenvalue weighted by atomic mass is 10.1. The number of amides is 1. The van der Waals surface area contributed by atoms with Gasteiger partial charge in [0, 0.05) is 24.7 Å². The fourth-order valence-electron chi connectivity index (χ4n) is 2.64. The Hall–Kier alpha value is -1.58. The molecule has 0 unspecified atom stereocenters. The number of unbranched alkanes of at least 4 members (excludes halogenated alkanes) is 1. The Morgan fingerprint density at radius 3 is 3.10 bits per heavy atom. The number of nitrogens with zero attached hydrogens (tertiary/aromatic N) is 1. The van der Waals surface area contributed by atoms with Crippen LogP contribution in [-0.2, 0) is 17.6 Å². The summed E-state index contributed by atoms with van der Waals surface area (Å²) in [5, 5.41) is 6.38. The summed E-state index contributed by atoms with van der Waals surface area (Å²) in [6.45, 7) is 1.84. The van der Waals surface area contributed by atoms with Gasteiger partial charge >= 0.3 is 0 Å². The first-order valence-electron chi connectivity index (χ1n) is 7.83. The Balaban J connectivity index is 1.38. The second-order valence-electron chi connectivity index (χ2n) is 5.86. The number of fused-ring (bicyclic) bond motifs is 1. The van der Waals surface area contributed by atoms with Crippen LogP contribution in [-0.4, -0.2) is 24.0 Å². The molecule has 0 spiro atoms. The minimum atomic E-state index is 0.251. The van der Waals surface area contributed by atoms with Crippen LogP contribution in [0.4, 0.5) is 5.82 Å². The number of aryl methyl sites for hydroxylation is 2. The molecule has 1 aliphatic heterocycles. The van der Waals surface area contributed by atoms with E-state index in [2.05, 4.69) is 27.8 Å². The van der Waals surface area contributed by atoms with Gasteiger partial charge in [-0.3, -0.25) is 4.79 Å². The lowest BCUT2D eigenvalue weighted by molar-refractivity contribution is -0.122. The number of carbonyl (C=O) groups excluding carboxylic acids is 1. The molecule has 0 radical (unpaired) electrons. The second-order valence-corrected chi connectivity index (χ2v) is 5.86. The van der Waals surface area contributed by atoms with Crippen molar-refractivity contribution in [1.82, 2.24) is 10.3 Å². The van der Waals surface area contributed by atoms with Crippen molar-refractivity contribution < 1.29 is 4.79 Å². The van der Waals surface area contributed by atoms with Crippen LogP contribution in [0.25, 0.3) is 0 Å². The predicted molar refractivity (Wildman–Crippen MR) is 79.7 cm³/mol. The van der Waals surface area contributed by atoms with Crippen LogP contribution in [0.2, 0.25) is 0 Å². The van der Waals surface area contributed by atoms with Crippen molar-refractivity contribution in [1.29, 1.82) is 0 Å². The molecule has 0 atom stereocenters. The summed E-state index contributed by atoms with van der Waals surface area (Å²) in [7, 11) is 0. The third-order valence-electron chi connectivity index (χ3n) is 4.06. The maximum absolute atomic E-state index is 11.5. The molecular formula is C16H23N3O. The van der Waals surface area contributed by atoms with Gasteiger partial charge in [-0.2, -0.15) is 0 Å². The third kappa shape index (κ3) is 3.50. The van der Waals surface area contributed by atoms with E-state index in [9.17, 15) is 4.79 Å². The molecule has 0 aromatic carbocycles. The van der Waals surface area contributed by atoms with Crippen LogP contribution < -0.4 is 10.6 Å². The van der Waals surface area contributed by atoms with Gasteiger partial charge in [-0.1, -0.05) is 6.07 Å². The molecule has 4 nitrogen and oxygen atoms in total. The smallest absolute Gasteiger partial charge is 0.223 e. The minimum absolute atomic E-state index is 0.251. The van der Waals surface area contributed by atoms with Gasteiger partial charge in [0.25, 0.3) is 0 Å². The molecule has 0 bridgehead atoms. The van der Waals surface area contributed by atoms with Crippen molar-refractivity contribution in [3.63, 3.8) is 0 Å². The van der Waals surface area contributed by atoms with Crippen molar-refractivity contribution in [3.05, 3.63) is 23.4 Å². The highest BCUT2D eigenvalue weighted by atomic mass is 16.2. The molecule has 108 valence electrons. The normalized spacial score (nSPS) is 17.2. The highest BCUT2D eigenvalue weighted by molar-refractivity contribution is 5.80. The average molecular weight is 273 g/mol. The number of hydrogen-bond acceptors (Lipinski definition) is 3. The lowest BCUT2D eigenvalue weighted by Gasteiger charge is -2.17. The maximum atomic E-state index is 11.5.